The van der Waals surface area contributed by atoms with E-state index in [-0.39, 0.29) is 11.1 Å². The van der Waals surface area contributed by atoms with E-state index in [1.54, 1.807) is 0 Å². The van der Waals surface area contributed by atoms with Gasteiger partial charge in [-0.05, 0) is 43.5 Å². The van der Waals surface area contributed by atoms with Crippen molar-refractivity contribution in [2.45, 2.75) is 82.8 Å². The van der Waals surface area contributed by atoms with Crippen LogP contribution in [-0.4, -0.2) is 46.4 Å². The number of aliphatic hydroxyl groups excluding tert-OH is 1. The first kappa shape index (κ1) is 26.2. The summed E-state index contributed by atoms with van der Waals surface area (Å²) in [4.78, 5) is 9.14. The maximum absolute atomic E-state index is 11.9. The van der Waals surface area contributed by atoms with Crippen LogP contribution in [0.1, 0.15) is 62.5 Å². The molecule has 2 heterocycles. The number of imidazole rings is 1. The first-order chi connectivity index (χ1) is 16.4. The van der Waals surface area contributed by atoms with Crippen LogP contribution in [0.15, 0.2) is 48.6 Å². The van der Waals surface area contributed by atoms with Gasteiger partial charge in [-0.25, -0.2) is 4.98 Å². The molecule has 0 bridgehead atoms. The molecule has 5 nitrogen and oxygen atoms in total. The van der Waals surface area contributed by atoms with Crippen molar-refractivity contribution in [1.82, 2.24) is 15.3 Å². The molecule has 1 unspecified atom stereocenters. The van der Waals surface area contributed by atoms with Gasteiger partial charge in [-0.2, -0.15) is 0 Å². The van der Waals surface area contributed by atoms with Gasteiger partial charge in [0.25, 0.3) is 0 Å². The smallest absolute Gasteiger partial charge is 0.192 e. The number of aromatic nitrogens is 2. The lowest BCUT2D eigenvalue weighted by Crippen LogP contribution is -2.48. The minimum atomic E-state index is -1.95. The SMILES string of the molecule is Cc1[nH]c(C2=CC=CCC2=S)nc1C(O)[C@]1(Cc2ccccc2)C[C@@H](O[Si](C)(C)C(C)(C)C)CN1. The van der Waals surface area contributed by atoms with Crippen molar-refractivity contribution in [1.29, 1.82) is 0 Å². The number of benzene rings is 1. The number of H-pyrrole nitrogens is 1. The highest BCUT2D eigenvalue weighted by atomic mass is 32.1. The van der Waals surface area contributed by atoms with Gasteiger partial charge in [0.1, 0.15) is 11.9 Å². The van der Waals surface area contributed by atoms with Crippen LogP contribution in [0.3, 0.4) is 0 Å². The fourth-order valence-electron chi connectivity index (χ4n) is 4.83. The van der Waals surface area contributed by atoms with Gasteiger partial charge in [0.2, 0.25) is 0 Å². The van der Waals surface area contributed by atoms with Gasteiger partial charge < -0.3 is 19.8 Å². The van der Waals surface area contributed by atoms with Gasteiger partial charge in [0.05, 0.1) is 17.3 Å². The molecule has 1 aliphatic heterocycles. The second-order valence-electron chi connectivity index (χ2n) is 11.5. The van der Waals surface area contributed by atoms with E-state index in [0.717, 1.165) is 34.8 Å². The molecule has 0 radical (unpaired) electrons. The molecule has 35 heavy (non-hydrogen) atoms. The molecular formula is C28H39N3O2SSi. The number of aromatic amines is 1. The Morgan fingerprint density at radius 1 is 1.26 bits per heavy atom. The van der Waals surface area contributed by atoms with Crippen molar-refractivity contribution < 1.29 is 9.53 Å². The Bertz CT molecular complexity index is 1130. The van der Waals surface area contributed by atoms with Crippen molar-refractivity contribution in [3.05, 3.63) is 71.3 Å². The fourth-order valence-corrected chi connectivity index (χ4v) is 6.44. The molecule has 1 saturated heterocycles. The standard InChI is InChI=1S/C28H39N3O2SSi/c1-19-24(31-26(30-19)22-14-10-11-15-23(22)34)25(32)28(16-20-12-8-7-9-13-20)17-21(18-29-28)33-35(5,6)27(2,3)4/h7-14,21,25,29,32H,15-18H2,1-6H3,(H,30,31)/t21-,25?,28+/m1/s1. The van der Waals surface area contributed by atoms with Crippen LogP contribution in [0.25, 0.3) is 5.57 Å². The zero-order chi connectivity index (χ0) is 25.4. The van der Waals surface area contributed by atoms with Crippen molar-refractivity contribution in [2.75, 3.05) is 6.54 Å². The molecule has 1 aromatic heterocycles. The number of aliphatic hydroxyl groups is 1. The van der Waals surface area contributed by atoms with E-state index in [1.165, 1.54) is 5.56 Å². The van der Waals surface area contributed by atoms with E-state index in [1.807, 2.05) is 25.1 Å². The minimum Gasteiger partial charge on any atom is -0.413 e. The third-order valence-corrected chi connectivity index (χ3v) is 12.8. The Kier molecular flexibility index (Phi) is 7.37. The molecule has 3 atom stereocenters. The first-order valence-corrected chi connectivity index (χ1v) is 15.9. The molecule has 7 heteroatoms. The molecule has 1 aliphatic carbocycles. The van der Waals surface area contributed by atoms with Crippen LogP contribution in [0.5, 0.6) is 0 Å². The number of nitrogens with one attached hydrogen (secondary N) is 2. The maximum Gasteiger partial charge on any atom is 0.192 e. The number of nitrogens with zero attached hydrogens (tertiary/aromatic N) is 1. The van der Waals surface area contributed by atoms with E-state index in [0.29, 0.717) is 18.7 Å². The summed E-state index contributed by atoms with van der Waals surface area (Å²) in [6.07, 6.45) is 7.47. The van der Waals surface area contributed by atoms with Crippen LogP contribution < -0.4 is 5.32 Å². The molecule has 2 aliphatic rings. The Balaban J connectivity index is 1.66. The third-order valence-electron chi connectivity index (χ3n) is 7.87. The second-order valence-corrected chi connectivity index (χ2v) is 16.8. The van der Waals surface area contributed by atoms with Crippen molar-refractivity contribution in [2.24, 2.45) is 0 Å². The number of rotatable bonds is 7. The third kappa shape index (κ3) is 5.44. The van der Waals surface area contributed by atoms with Gasteiger partial charge in [-0.3, -0.25) is 0 Å². The van der Waals surface area contributed by atoms with Gasteiger partial charge in [-0.15, -0.1) is 0 Å². The number of hydrogen-bond acceptors (Lipinski definition) is 5. The van der Waals surface area contributed by atoms with Gasteiger partial charge >= 0.3 is 0 Å². The predicted octanol–water partition coefficient (Wildman–Crippen LogP) is 5.83. The number of hydrogen-bond donors (Lipinski definition) is 3. The lowest BCUT2D eigenvalue weighted by molar-refractivity contribution is 0.0580. The van der Waals surface area contributed by atoms with Crippen molar-refractivity contribution in [3.63, 3.8) is 0 Å². The summed E-state index contributed by atoms with van der Waals surface area (Å²) >= 11 is 5.57. The largest absolute Gasteiger partial charge is 0.413 e. The van der Waals surface area contributed by atoms with Gasteiger partial charge in [0.15, 0.2) is 8.32 Å². The lowest BCUT2D eigenvalue weighted by atomic mass is 9.82. The molecule has 1 fully saturated rings. The quantitative estimate of drug-likeness (QED) is 0.324. The van der Waals surface area contributed by atoms with E-state index >= 15 is 0 Å². The molecule has 4 rings (SSSR count). The summed E-state index contributed by atoms with van der Waals surface area (Å²) in [5.74, 6) is 0.729. The fraction of sp³-hybridized carbons (Fsp3) is 0.500. The monoisotopic (exact) mass is 509 g/mol. The number of aryl methyl sites for hydroxylation is 1. The molecule has 188 valence electrons. The summed E-state index contributed by atoms with van der Waals surface area (Å²) < 4.78 is 6.79. The van der Waals surface area contributed by atoms with E-state index < -0.39 is 20.0 Å². The Morgan fingerprint density at radius 3 is 2.63 bits per heavy atom. The summed E-state index contributed by atoms with van der Waals surface area (Å²) in [7, 11) is -1.95. The zero-order valence-corrected chi connectivity index (χ0v) is 23.6. The zero-order valence-electron chi connectivity index (χ0n) is 21.8. The average Bonchev–Trinajstić information content (AvgIpc) is 3.37. The van der Waals surface area contributed by atoms with Crippen LogP contribution in [-0.2, 0) is 10.8 Å². The van der Waals surface area contributed by atoms with Gasteiger partial charge in [0, 0.05) is 29.1 Å². The Labute approximate surface area is 216 Å². The Hall–Kier alpha value is -1.90. The molecule has 0 spiro atoms. The minimum absolute atomic E-state index is 0.0479. The van der Waals surface area contributed by atoms with Crippen molar-refractivity contribution in [3.8, 4) is 0 Å². The van der Waals surface area contributed by atoms with Crippen LogP contribution in [0.2, 0.25) is 18.1 Å². The first-order valence-electron chi connectivity index (χ1n) is 12.5. The predicted molar refractivity (Wildman–Crippen MR) is 150 cm³/mol. The van der Waals surface area contributed by atoms with E-state index in [9.17, 15) is 5.11 Å². The Morgan fingerprint density at radius 2 is 1.97 bits per heavy atom. The summed E-state index contributed by atoms with van der Waals surface area (Å²) in [5, 5.41) is 15.7. The van der Waals surface area contributed by atoms with E-state index in [4.69, 9.17) is 21.6 Å². The highest BCUT2D eigenvalue weighted by Crippen LogP contribution is 2.42. The number of thiocarbonyl (C=S) groups is 1. The van der Waals surface area contributed by atoms with Crippen LogP contribution in [0.4, 0.5) is 0 Å². The molecule has 3 N–H and O–H groups in total. The molecule has 1 aromatic carbocycles. The molecular weight excluding hydrogens is 470 g/mol. The highest BCUT2D eigenvalue weighted by Gasteiger charge is 2.49. The van der Waals surface area contributed by atoms with Crippen molar-refractivity contribution >= 4 is 31.0 Å². The topological polar surface area (TPSA) is 70.2 Å². The normalized spacial score (nSPS) is 24.0. The molecule has 0 amide bonds. The summed E-state index contributed by atoms with van der Waals surface area (Å²) in [6, 6.07) is 10.4. The highest BCUT2D eigenvalue weighted by molar-refractivity contribution is 7.81. The molecule has 2 aromatic rings. The summed E-state index contributed by atoms with van der Waals surface area (Å²) in [6.45, 7) is 14.1. The average molecular weight is 510 g/mol. The van der Waals surface area contributed by atoms with Crippen LogP contribution >= 0.6 is 12.2 Å². The van der Waals surface area contributed by atoms with E-state index in [2.05, 4.69) is 74.5 Å². The lowest BCUT2D eigenvalue weighted by Gasteiger charge is -2.39. The molecule has 0 saturated carbocycles. The number of allylic oxidation sites excluding steroid dienone is 4. The van der Waals surface area contributed by atoms with Gasteiger partial charge in [-0.1, -0.05) is 81.5 Å². The summed E-state index contributed by atoms with van der Waals surface area (Å²) in [5.41, 5.74) is 3.08. The maximum atomic E-state index is 11.9. The second kappa shape index (κ2) is 9.86. The van der Waals surface area contributed by atoms with Crippen LogP contribution in [0, 0.1) is 6.92 Å².